The number of benzene rings is 2. The van der Waals surface area contributed by atoms with Gasteiger partial charge in [0.1, 0.15) is 23.1 Å². The van der Waals surface area contributed by atoms with E-state index in [1.165, 1.54) is 32.4 Å². The second kappa shape index (κ2) is 9.34. The maximum absolute atomic E-state index is 12.5. The third-order valence-electron chi connectivity index (χ3n) is 3.54. The number of nitro groups is 1. The molecule has 0 aliphatic heterocycles. The molecule has 0 spiro atoms. The summed E-state index contributed by atoms with van der Waals surface area (Å²) in [5.74, 6) is 0.0666. The summed E-state index contributed by atoms with van der Waals surface area (Å²) < 4.78 is 11.6. The van der Waals surface area contributed by atoms with E-state index in [-0.39, 0.29) is 22.7 Å². The van der Waals surface area contributed by atoms with Gasteiger partial charge in [-0.25, -0.2) is 0 Å². The van der Waals surface area contributed by atoms with E-state index in [0.717, 1.165) is 6.07 Å². The normalized spacial score (nSPS) is 10.8. The minimum atomic E-state index is -0.732. The molecular weight excluding hydrogens is 498 g/mol. The summed E-state index contributed by atoms with van der Waals surface area (Å²) in [5.41, 5.74) is 0.233. The van der Waals surface area contributed by atoms with Crippen LogP contribution < -0.4 is 14.8 Å². The predicted octanol–water partition coefficient (Wildman–Crippen LogP) is 4.68. The highest BCUT2D eigenvalue weighted by Gasteiger charge is 2.17. The Kier molecular flexibility index (Phi) is 7.14. The number of nitro benzene ring substituents is 1. The summed E-state index contributed by atoms with van der Waals surface area (Å²) >= 11 is 6.71. The first-order chi connectivity index (χ1) is 13.3. The van der Waals surface area contributed by atoms with Crippen molar-refractivity contribution in [2.45, 2.75) is 0 Å². The average Bonchev–Trinajstić information content (AvgIpc) is 2.65. The lowest BCUT2D eigenvalue weighted by molar-refractivity contribution is -0.384. The second-order valence-corrected chi connectivity index (χ2v) is 6.99. The molecule has 2 aromatic carbocycles. The molecule has 1 N–H and O–H groups in total. The Balaban J connectivity index is 2.37. The van der Waals surface area contributed by atoms with Crippen molar-refractivity contribution >= 4 is 55.2 Å². The predicted molar refractivity (Wildman–Crippen MR) is 110 cm³/mol. The topological polar surface area (TPSA) is 114 Å². The lowest BCUT2D eigenvalue weighted by Crippen LogP contribution is -2.14. The molecule has 0 fully saturated rings. The summed E-state index contributed by atoms with van der Waals surface area (Å²) in [4.78, 5) is 22.9. The number of anilines is 1. The lowest BCUT2D eigenvalue weighted by Gasteiger charge is -2.10. The number of ether oxygens (including phenoxy) is 2. The third-order valence-corrected chi connectivity index (χ3v) is 4.72. The highest BCUT2D eigenvalue weighted by Crippen LogP contribution is 2.35. The van der Waals surface area contributed by atoms with Crippen molar-refractivity contribution in [1.82, 2.24) is 0 Å². The van der Waals surface area contributed by atoms with E-state index in [1.807, 2.05) is 6.07 Å². The number of hydrogen-bond acceptors (Lipinski definition) is 6. The highest BCUT2D eigenvalue weighted by atomic mass is 79.9. The van der Waals surface area contributed by atoms with Crippen molar-refractivity contribution < 1.29 is 19.2 Å². The quantitative estimate of drug-likeness (QED) is 0.261. The highest BCUT2D eigenvalue weighted by molar-refractivity contribution is 9.11. The van der Waals surface area contributed by atoms with Crippen LogP contribution in [0.1, 0.15) is 5.56 Å². The number of hydrogen-bond donors (Lipinski definition) is 1. The number of nitrogens with one attached hydrogen (secondary N) is 1. The number of amides is 1. The van der Waals surface area contributed by atoms with Gasteiger partial charge in [-0.1, -0.05) is 0 Å². The number of methoxy groups -OCH3 is 2. The molecule has 2 rings (SSSR count). The van der Waals surface area contributed by atoms with Crippen molar-refractivity contribution in [3.05, 3.63) is 60.5 Å². The molecule has 0 saturated carbocycles. The minimum absolute atomic E-state index is 0.0833. The SMILES string of the molecule is COc1ccc([N+](=O)[O-])cc1NC(=O)/C(C#N)=C/c1cc(Br)c(OC)c(Br)c1. The molecule has 0 heterocycles. The first kappa shape index (κ1) is 21.4. The number of carbonyl (C=O) groups is 1. The maximum Gasteiger partial charge on any atom is 0.271 e. The van der Waals surface area contributed by atoms with Gasteiger partial charge < -0.3 is 14.8 Å². The van der Waals surface area contributed by atoms with Crippen molar-refractivity contribution in [3.63, 3.8) is 0 Å². The fourth-order valence-electron chi connectivity index (χ4n) is 2.27. The summed E-state index contributed by atoms with van der Waals surface area (Å²) in [6.45, 7) is 0. The Morgan fingerprint density at radius 3 is 2.36 bits per heavy atom. The molecule has 0 unspecified atom stereocenters. The van der Waals surface area contributed by atoms with Gasteiger partial charge in [-0.2, -0.15) is 5.26 Å². The van der Waals surface area contributed by atoms with Gasteiger partial charge in [-0.3, -0.25) is 14.9 Å². The molecule has 0 radical (unpaired) electrons. The zero-order valence-electron chi connectivity index (χ0n) is 14.7. The Bertz CT molecular complexity index is 992. The van der Waals surface area contributed by atoms with Gasteiger partial charge in [-0.15, -0.1) is 0 Å². The molecule has 0 aliphatic carbocycles. The van der Waals surface area contributed by atoms with E-state index in [0.29, 0.717) is 20.3 Å². The van der Waals surface area contributed by atoms with E-state index in [9.17, 15) is 20.2 Å². The summed E-state index contributed by atoms with van der Waals surface area (Å²) in [7, 11) is 2.88. The Morgan fingerprint density at radius 1 is 1.21 bits per heavy atom. The fourth-order valence-corrected chi connectivity index (χ4v) is 3.82. The number of rotatable bonds is 6. The fraction of sp³-hybridized carbons (Fsp3) is 0.111. The molecule has 2 aromatic rings. The number of carbonyl (C=O) groups excluding carboxylic acids is 1. The molecule has 28 heavy (non-hydrogen) atoms. The van der Waals surface area contributed by atoms with E-state index < -0.39 is 10.8 Å². The molecule has 0 atom stereocenters. The molecule has 1 amide bonds. The summed E-state index contributed by atoms with van der Waals surface area (Å²) in [6.07, 6.45) is 1.38. The Hall–Kier alpha value is -2.90. The van der Waals surface area contributed by atoms with Gasteiger partial charge in [0.15, 0.2) is 0 Å². The first-order valence-corrected chi connectivity index (χ1v) is 9.18. The zero-order chi connectivity index (χ0) is 20.8. The van der Waals surface area contributed by atoms with Crippen LogP contribution in [0.2, 0.25) is 0 Å². The van der Waals surface area contributed by atoms with Crippen molar-refractivity contribution in [1.29, 1.82) is 5.26 Å². The number of halogens is 2. The summed E-state index contributed by atoms with van der Waals surface area (Å²) in [5, 5.41) is 22.8. The van der Waals surface area contributed by atoms with Crippen LogP contribution in [0.15, 0.2) is 44.9 Å². The molecule has 0 bridgehead atoms. The maximum atomic E-state index is 12.5. The third kappa shape index (κ3) is 4.88. The van der Waals surface area contributed by atoms with E-state index in [2.05, 4.69) is 37.2 Å². The molecule has 8 nitrogen and oxygen atoms in total. The van der Waals surface area contributed by atoms with E-state index >= 15 is 0 Å². The van der Waals surface area contributed by atoms with Gasteiger partial charge in [0.25, 0.3) is 11.6 Å². The monoisotopic (exact) mass is 509 g/mol. The van der Waals surface area contributed by atoms with Crippen molar-refractivity contribution in [3.8, 4) is 17.6 Å². The molecule has 0 saturated heterocycles. The van der Waals surface area contributed by atoms with Crippen LogP contribution in [-0.4, -0.2) is 25.1 Å². The first-order valence-electron chi connectivity index (χ1n) is 7.59. The van der Waals surface area contributed by atoms with Crippen LogP contribution in [-0.2, 0) is 4.79 Å². The van der Waals surface area contributed by atoms with Gasteiger partial charge in [0.05, 0.1) is 33.8 Å². The van der Waals surface area contributed by atoms with E-state index in [1.54, 1.807) is 12.1 Å². The molecule has 10 heteroatoms. The molecule has 0 aliphatic rings. The molecule has 0 aromatic heterocycles. The van der Waals surface area contributed by atoms with Crippen LogP contribution in [0.25, 0.3) is 6.08 Å². The van der Waals surface area contributed by atoms with E-state index in [4.69, 9.17) is 9.47 Å². The number of non-ortho nitro benzene ring substituents is 1. The van der Waals surface area contributed by atoms with Gasteiger partial charge in [0.2, 0.25) is 0 Å². The van der Waals surface area contributed by atoms with Crippen LogP contribution in [0.3, 0.4) is 0 Å². The lowest BCUT2D eigenvalue weighted by atomic mass is 10.1. The zero-order valence-corrected chi connectivity index (χ0v) is 17.8. The van der Waals surface area contributed by atoms with Crippen molar-refractivity contribution in [2.75, 3.05) is 19.5 Å². The van der Waals surface area contributed by atoms with Crippen LogP contribution >= 0.6 is 31.9 Å². The van der Waals surface area contributed by atoms with Crippen LogP contribution in [0.4, 0.5) is 11.4 Å². The number of nitriles is 1. The van der Waals surface area contributed by atoms with Gasteiger partial charge in [-0.05, 0) is 61.7 Å². The smallest absolute Gasteiger partial charge is 0.271 e. The van der Waals surface area contributed by atoms with Crippen LogP contribution in [0.5, 0.6) is 11.5 Å². The van der Waals surface area contributed by atoms with Crippen molar-refractivity contribution in [2.24, 2.45) is 0 Å². The largest absolute Gasteiger partial charge is 0.495 e. The summed E-state index contributed by atoms with van der Waals surface area (Å²) in [6, 6.07) is 8.96. The van der Waals surface area contributed by atoms with Gasteiger partial charge in [0, 0.05) is 12.1 Å². The minimum Gasteiger partial charge on any atom is -0.495 e. The Labute approximate surface area is 177 Å². The second-order valence-electron chi connectivity index (χ2n) is 5.28. The Morgan fingerprint density at radius 2 is 1.86 bits per heavy atom. The van der Waals surface area contributed by atoms with Crippen LogP contribution in [0, 0.1) is 21.4 Å². The molecular formula is C18H13Br2N3O5. The molecule has 144 valence electrons. The average molecular weight is 511 g/mol. The number of nitrogens with zero attached hydrogens (tertiary/aromatic N) is 2. The standard InChI is InChI=1S/C18H13Br2N3O5/c1-27-16-4-3-12(23(25)26)8-15(16)22-18(24)11(9-21)5-10-6-13(19)17(28-2)14(20)7-10/h3-8H,1-2H3,(H,22,24)/b11-5+. The van der Waals surface area contributed by atoms with Gasteiger partial charge >= 0.3 is 0 Å².